The Morgan fingerprint density at radius 2 is 2.11 bits per heavy atom. The van der Waals surface area contributed by atoms with E-state index in [2.05, 4.69) is 27.4 Å². The number of hydrogen-bond acceptors (Lipinski definition) is 4. The van der Waals surface area contributed by atoms with Crippen molar-refractivity contribution >= 4 is 11.5 Å². The maximum atomic E-state index is 4.43. The Morgan fingerprint density at radius 3 is 3.00 bits per heavy atom. The lowest BCUT2D eigenvalue weighted by atomic mass is 10.0. The molecule has 5 heteroatoms. The van der Waals surface area contributed by atoms with Crippen LogP contribution in [0.3, 0.4) is 0 Å². The van der Waals surface area contributed by atoms with Crippen molar-refractivity contribution < 1.29 is 0 Å². The van der Waals surface area contributed by atoms with E-state index in [1.165, 1.54) is 32.1 Å². The van der Waals surface area contributed by atoms with Crippen LogP contribution in [0.15, 0.2) is 12.4 Å². The Kier molecular flexibility index (Phi) is 3.36. The van der Waals surface area contributed by atoms with E-state index in [9.17, 15) is 0 Å². The van der Waals surface area contributed by atoms with E-state index >= 15 is 0 Å². The zero-order valence-corrected chi connectivity index (χ0v) is 11.6. The predicted octanol–water partition coefficient (Wildman–Crippen LogP) is 2.81. The molecule has 0 saturated heterocycles. The summed E-state index contributed by atoms with van der Waals surface area (Å²) in [6.07, 6.45) is 10.1. The SMILES string of the molecule is Cc1nnc2c(NC3CCCC(C)CC3)nccn12. The Morgan fingerprint density at radius 1 is 1.21 bits per heavy atom. The van der Waals surface area contributed by atoms with E-state index in [-0.39, 0.29) is 0 Å². The minimum atomic E-state index is 0.514. The average molecular weight is 259 g/mol. The first-order chi connectivity index (χ1) is 9.24. The molecule has 0 amide bonds. The van der Waals surface area contributed by atoms with Gasteiger partial charge in [0.1, 0.15) is 5.82 Å². The average Bonchev–Trinajstić information content (AvgIpc) is 2.66. The summed E-state index contributed by atoms with van der Waals surface area (Å²) in [7, 11) is 0. The summed E-state index contributed by atoms with van der Waals surface area (Å²) in [5.74, 6) is 2.61. The molecule has 0 radical (unpaired) electrons. The molecule has 2 aromatic heterocycles. The summed E-state index contributed by atoms with van der Waals surface area (Å²) in [5.41, 5.74) is 0.831. The molecule has 1 N–H and O–H groups in total. The van der Waals surface area contributed by atoms with Crippen LogP contribution in [0.5, 0.6) is 0 Å². The molecule has 2 aromatic rings. The van der Waals surface area contributed by atoms with Crippen LogP contribution < -0.4 is 5.32 Å². The number of rotatable bonds is 2. The first kappa shape index (κ1) is 12.4. The lowest BCUT2D eigenvalue weighted by molar-refractivity contribution is 0.502. The third-order valence-corrected chi connectivity index (χ3v) is 4.10. The van der Waals surface area contributed by atoms with Crippen LogP contribution in [0.2, 0.25) is 0 Å². The van der Waals surface area contributed by atoms with Crippen LogP contribution in [-0.2, 0) is 0 Å². The highest BCUT2D eigenvalue weighted by molar-refractivity contribution is 5.62. The number of aryl methyl sites for hydroxylation is 1. The Hall–Kier alpha value is -1.65. The van der Waals surface area contributed by atoms with Gasteiger partial charge in [0.15, 0.2) is 5.82 Å². The van der Waals surface area contributed by atoms with Crippen LogP contribution in [0.1, 0.15) is 44.9 Å². The molecule has 102 valence electrons. The predicted molar refractivity (Wildman–Crippen MR) is 75.2 cm³/mol. The van der Waals surface area contributed by atoms with Crippen LogP contribution in [0.25, 0.3) is 5.65 Å². The lowest BCUT2D eigenvalue weighted by Gasteiger charge is -2.17. The molecule has 2 unspecified atom stereocenters. The molecule has 2 atom stereocenters. The van der Waals surface area contributed by atoms with Gasteiger partial charge in [-0.1, -0.05) is 19.8 Å². The van der Waals surface area contributed by atoms with Crippen molar-refractivity contribution in [2.45, 2.75) is 52.0 Å². The maximum Gasteiger partial charge on any atom is 0.203 e. The van der Waals surface area contributed by atoms with Gasteiger partial charge in [-0.15, -0.1) is 10.2 Å². The molecule has 1 fully saturated rings. The molecule has 1 aliphatic rings. The van der Waals surface area contributed by atoms with Crippen molar-refractivity contribution in [1.29, 1.82) is 0 Å². The standard InChI is InChI=1S/C14H21N5/c1-10-4-3-5-12(7-6-10)16-13-14-18-17-11(2)19(14)9-8-15-13/h8-10,12H,3-7H2,1-2H3,(H,15,16). The zero-order valence-electron chi connectivity index (χ0n) is 11.6. The molecular formula is C14H21N5. The molecule has 1 saturated carbocycles. The van der Waals surface area contributed by atoms with E-state index < -0.39 is 0 Å². The molecule has 5 nitrogen and oxygen atoms in total. The fourth-order valence-corrected chi connectivity index (χ4v) is 2.87. The minimum Gasteiger partial charge on any atom is -0.364 e. The van der Waals surface area contributed by atoms with Crippen molar-refractivity contribution in [3.05, 3.63) is 18.2 Å². The van der Waals surface area contributed by atoms with Gasteiger partial charge in [-0.3, -0.25) is 4.40 Å². The van der Waals surface area contributed by atoms with Crippen molar-refractivity contribution in [2.24, 2.45) is 5.92 Å². The van der Waals surface area contributed by atoms with Gasteiger partial charge in [0, 0.05) is 18.4 Å². The monoisotopic (exact) mass is 259 g/mol. The highest BCUT2D eigenvalue weighted by Gasteiger charge is 2.18. The summed E-state index contributed by atoms with van der Waals surface area (Å²) in [6, 6.07) is 0.514. The fraction of sp³-hybridized carbons (Fsp3) is 0.643. The second-order valence-corrected chi connectivity index (χ2v) is 5.67. The van der Waals surface area contributed by atoms with Crippen LogP contribution >= 0.6 is 0 Å². The van der Waals surface area contributed by atoms with Gasteiger partial charge in [-0.05, 0) is 32.1 Å². The van der Waals surface area contributed by atoms with Crippen LogP contribution in [0.4, 0.5) is 5.82 Å². The van der Waals surface area contributed by atoms with Crippen LogP contribution in [0, 0.1) is 12.8 Å². The van der Waals surface area contributed by atoms with Crippen molar-refractivity contribution in [3.8, 4) is 0 Å². The molecule has 0 aliphatic heterocycles. The maximum absolute atomic E-state index is 4.43. The second-order valence-electron chi connectivity index (χ2n) is 5.67. The molecule has 0 aromatic carbocycles. The van der Waals surface area contributed by atoms with Crippen molar-refractivity contribution in [3.63, 3.8) is 0 Å². The number of nitrogens with one attached hydrogen (secondary N) is 1. The van der Waals surface area contributed by atoms with Gasteiger partial charge in [0.2, 0.25) is 5.65 Å². The largest absolute Gasteiger partial charge is 0.364 e. The number of hydrogen-bond donors (Lipinski definition) is 1. The van der Waals surface area contributed by atoms with E-state index in [0.717, 1.165) is 23.2 Å². The van der Waals surface area contributed by atoms with E-state index in [1.807, 2.05) is 23.7 Å². The summed E-state index contributed by atoms with van der Waals surface area (Å²) < 4.78 is 1.98. The Balaban J connectivity index is 1.81. The summed E-state index contributed by atoms with van der Waals surface area (Å²) in [5, 5.41) is 11.9. The van der Waals surface area contributed by atoms with Crippen molar-refractivity contribution in [1.82, 2.24) is 19.6 Å². The quantitative estimate of drug-likeness (QED) is 0.843. The van der Waals surface area contributed by atoms with E-state index in [1.54, 1.807) is 0 Å². The number of fused-ring (bicyclic) bond motifs is 1. The van der Waals surface area contributed by atoms with Gasteiger partial charge >= 0.3 is 0 Å². The Bertz CT molecular complexity index is 562. The molecule has 0 bridgehead atoms. The third-order valence-electron chi connectivity index (χ3n) is 4.10. The van der Waals surface area contributed by atoms with Gasteiger partial charge in [0.05, 0.1) is 0 Å². The first-order valence-electron chi connectivity index (χ1n) is 7.17. The van der Waals surface area contributed by atoms with Gasteiger partial charge in [0.25, 0.3) is 0 Å². The third kappa shape index (κ3) is 2.55. The van der Waals surface area contributed by atoms with E-state index in [4.69, 9.17) is 0 Å². The summed E-state index contributed by atoms with van der Waals surface area (Å²) >= 11 is 0. The van der Waals surface area contributed by atoms with Crippen LogP contribution in [-0.4, -0.2) is 25.6 Å². The molecule has 0 spiro atoms. The first-order valence-corrected chi connectivity index (χ1v) is 7.17. The molecule has 3 rings (SSSR count). The molecular weight excluding hydrogens is 238 g/mol. The summed E-state index contributed by atoms with van der Waals surface area (Å²) in [6.45, 7) is 4.31. The van der Waals surface area contributed by atoms with Crippen molar-refractivity contribution in [2.75, 3.05) is 5.32 Å². The van der Waals surface area contributed by atoms with Gasteiger partial charge in [-0.25, -0.2) is 4.98 Å². The molecule has 1 aliphatic carbocycles. The molecule has 2 heterocycles. The fourth-order valence-electron chi connectivity index (χ4n) is 2.87. The topological polar surface area (TPSA) is 55.1 Å². The normalized spacial score (nSPS) is 24.3. The second kappa shape index (κ2) is 5.15. The molecule has 19 heavy (non-hydrogen) atoms. The highest BCUT2D eigenvalue weighted by Crippen LogP contribution is 2.25. The summed E-state index contributed by atoms with van der Waals surface area (Å²) in [4.78, 5) is 4.43. The minimum absolute atomic E-state index is 0.514. The number of anilines is 1. The Labute approximate surface area is 113 Å². The number of nitrogens with zero attached hydrogens (tertiary/aromatic N) is 4. The smallest absolute Gasteiger partial charge is 0.203 e. The van der Waals surface area contributed by atoms with Gasteiger partial charge in [-0.2, -0.15) is 0 Å². The lowest BCUT2D eigenvalue weighted by Crippen LogP contribution is -2.19. The number of aromatic nitrogens is 4. The van der Waals surface area contributed by atoms with Gasteiger partial charge < -0.3 is 5.32 Å². The van der Waals surface area contributed by atoms with E-state index in [0.29, 0.717) is 6.04 Å². The highest BCUT2D eigenvalue weighted by atomic mass is 15.3. The zero-order chi connectivity index (χ0) is 13.2.